The Labute approximate surface area is 196 Å². The minimum Gasteiger partial charge on any atom is -0.497 e. The molecule has 12 heteroatoms. The molecule has 0 fully saturated rings. The Kier molecular flexibility index (Phi) is 10.6. The summed E-state index contributed by atoms with van der Waals surface area (Å²) in [5, 5.41) is 5.90. The average molecular weight is 554 g/mol. The fraction of sp³-hybridized carbons (Fsp3) is 0.421. The maximum Gasteiger partial charge on any atom is 0.433 e. The molecule has 2 aromatic rings. The predicted molar refractivity (Wildman–Crippen MR) is 123 cm³/mol. The topological polar surface area (TPSA) is 83.9 Å². The van der Waals surface area contributed by atoms with Gasteiger partial charge >= 0.3 is 6.18 Å². The van der Waals surface area contributed by atoms with Crippen LogP contribution in [-0.4, -0.2) is 62.2 Å². The number of alkyl halides is 3. The van der Waals surface area contributed by atoms with Crippen LogP contribution >= 0.6 is 24.0 Å². The predicted octanol–water partition coefficient (Wildman–Crippen LogP) is 3.25. The van der Waals surface area contributed by atoms with Gasteiger partial charge in [-0.2, -0.15) is 13.2 Å². The Morgan fingerprint density at radius 3 is 2.52 bits per heavy atom. The van der Waals surface area contributed by atoms with Crippen molar-refractivity contribution in [2.24, 2.45) is 4.99 Å². The number of nitrogens with zero attached hydrogens (tertiary/aromatic N) is 4. The molecule has 0 unspecified atom stereocenters. The smallest absolute Gasteiger partial charge is 0.433 e. The Hall–Kier alpha value is -2.51. The minimum atomic E-state index is -4.51. The van der Waals surface area contributed by atoms with Crippen molar-refractivity contribution in [3.63, 3.8) is 0 Å². The molecule has 0 spiro atoms. The van der Waals surface area contributed by atoms with Crippen LogP contribution in [-0.2, 0) is 12.7 Å². The summed E-state index contributed by atoms with van der Waals surface area (Å²) in [4.78, 5) is 13.4. The van der Waals surface area contributed by atoms with Gasteiger partial charge in [-0.25, -0.2) is 9.97 Å². The van der Waals surface area contributed by atoms with Crippen molar-refractivity contribution in [3.8, 4) is 11.5 Å². The summed E-state index contributed by atoms with van der Waals surface area (Å²) in [5.41, 5.74) is -0.0452. The highest BCUT2D eigenvalue weighted by atomic mass is 127. The highest BCUT2D eigenvalue weighted by Gasteiger charge is 2.32. The van der Waals surface area contributed by atoms with Crippen molar-refractivity contribution >= 4 is 35.9 Å². The molecule has 0 radical (unpaired) electrons. The van der Waals surface area contributed by atoms with Gasteiger partial charge in [-0.15, -0.1) is 24.0 Å². The quantitative estimate of drug-likeness (QED) is 0.225. The lowest BCUT2D eigenvalue weighted by atomic mass is 10.2. The third-order valence-electron chi connectivity index (χ3n) is 4.11. The molecule has 0 saturated heterocycles. The summed E-state index contributed by atoms with van der Waals surface area (Å²) < 4.78 is 48.7. The van der Waals surface area contributed by atoms with E-state index in [0.29, 0.717) is 37.1 Å². The molecule has 0 amide bonds. The van der Waals surface area contributed by atoms with E-state index in [1.807, 2.05) is 24.1 Å². The van der Waals surface area contributed by atoms with Crippen LogP contribution < -0.4 is 20.1 Å². The first kappa shape index (κ1) is 26.5. The molecule has 1 heterocycles. The molecule has 172 valence electrons. The van der Waals surface area contributed by atoms with E-state index in [2.05, 4.69) is 25.6 Å². The molecule has 31 heavy (non-hydrogen) atoms. The van der Waals surface area contributed by atoms with E-state index < -0.39 is 11.9 Å². The summed E-state index contributed by atoms with van der Waals surface area (Å²) in [6.45, 7) is 1.23. The number of nitrogens with one attached hydrogen (secondary N) is 2. The molecule has 0 atom stereocenters. The molecular weight excluding hydrogens is 528 g/mol. The second-order valence-electron chi connectivity index (χ2n) is 6.20. The van der Waals surface area contributed by atoms with E-state index in [0.717, 1.165) is 17.8 Å². The number of methoxy groups -OCH3 is 2. The number of benzene rings is 1. The Bertz CT molecular complexity index is 867. The molecule has 1 aromatic heterocycles. The van der Waals surface area contributed by atoms with E-state index in [1.54, 1.807) is 27.3 Å². The van der Waals surface area contributed by atoms with Crippen molar-refractivity contribution < 1.29 is 22.6 Å². The number of aliphatic imine (C=N–C) groups is 1. The fourth-order valence-electron chi connectivity index (χ4n) is 2.65. The Balaban J connectivity index is 0.00000480. The lowest BCUT2D eigenvalue weighted by Gasteiger charge is -2.23. The monoisotopic (exact) mass is 554 g/mol. The number of hydrogen-bond donors (Lipinski definition) is 2. The van der Waals surface area contributed by atoms with Gasteiger partial charge in [-0.3, -0.25) is 4.99 Å². The molecule has 0 bridgehead atoms. The largest absolute Gasteiger partial charge is 0.497 e. The van der Waals surface area contributed by atoms with Gasteiger partial charge in [-0.05, 0) is 18.2 Å². The molecule has 8 nitrogen and oxygen atoms in total. The van der Waals surface area contributed by atoms with Gasteiger partial charge in [0.05, 0.1) is 14.2 Å². The van der Waals surface area contributed by atoms with E-state index in [-0.39, 0.29) is 29.9 Å². The van der Waals surface area contributed by atoms with Crippen LogP contribution in [0.25, 0.3) is 0 Å². The number of rotatable bonds is 8. The third kappa shape index (κ3) is 7.92. The number of anilines is 1. The zero-order chi connectivity index (χ0) is 22.1. The van der Waals surface area contributed by atoms with Gasteiger partial charge in [0.15, 0.2) is 5.96 Å². The highest BCUT2D eigenvalue weighted by Crippen LogP contribution is 2.27. The van der Waals surface area contributed by atoms with Crippen molar-refractivity contribution in [3.05, 3.63) is 41.7 Å². The first-order valence-electron chi connectivity index (χ1n) is 9.05. The summed E-state index contributed by atoms with van der Waals surface area (Å²) in [6, 6.07) is 6.39. The van der Waals surface area contributed by atoms with Crippen LogP contribution in [0.2, 0.25) is 0 Å². The number of halogens is 4. The summed E-state index contributed by atoms with van der Waals surface area (Å²) >= 11 is 0. The van der Waals surface area contributed by atoms with Crippen molar-refractivity contribution in [1.29, 1.82) is 0 Å². The second-order valence-corrected chi connectivity index (χ2v) is 6.20. The molecule has 0 aliphatic rings. The molecule has 0 aliphatic carbocycles. The second kappa shape index (κ2) is 12.4. The normalized spacial score (nSPS) is 11.4. The molecule has 0 saturated carbocycles. The maximum absolute atomic E-state index is 12.7. The number of aromatic nitrogens is 2. The molecule has 1 aromatic carbocycles. The van der Waals surface area contributed by atoms with Crippen LogP contribution in [0.3, 0.4) is 0 Å². The van der Waals surface area contributed by atoms with Crippen LogP contribution in [0.15, 0.2) is 35.5 Å². The molecule has 2 N–H and O–H groups in total. The van der Waals surface area contributed by atoms with E-state index in [4.69, 9.17) is 9.47 Å². The zero-order valence-corrected chi connectivity index (χ0v) is 20.0. The summed E-state index contributed by atoms with van der Waals surface area (Å²) in [6.07, 6.45) is -3.44. The van der Waals surface area contributed by atoms with E-state index >= 15 is 0 Å². The van der Waals surface area contributed by atoms with Gasteiger partial charge in [-0.1, -0.05) is 0 Å². The van der Waals surface area contributed by atoms with E-state index in [9.17, 15) is 13.2 Å². The van der Waals surface area contributed by atoms with Crippen molar-refractivity contribution in [1.82, 2.24) is 20.2 Å². The first-order valence-corrected chi connectivity index (χ1v) is 9.05. The number of hydrogen-bond acceptors (Lipinski definition) is 6. The highest BCUT2D eigenvalue weighted by molar-refractivity contribution is 14.0. The number of ether oxygens (including phenoxy) is 2. The average Bonchev–Trinajstić information content (AvgIpc) is 2.73. The van der Waals surface area contributed by atoms with Gasteiger partial charge < -0.3 is 25.0 Å². The van der Waals surface area contributed by atoms with Gasteiger partial charge in [0.25, 0.3) is 0 Å². The molecular formula is C19H26F3IN6O2. The molecule has 2 rings (SSSR count). The van der Waals surface area contributed by atoms with Gasteiger partial charge in [0.1, 0.15) is 17.2 Å². The van der Waals surface area contributed by atoms with E-state index in [1.165, 1.54) is 0 Å². The third-order valence-corrected chi connectivity index (χ3v) is 4.11. The molecule has 0 aliphatic heterocycles. The van der Waals surface area contributed by atoms with Crippen LogP contribution in [0.4, 0.5) is 19.1 Å². The van der Waals surface area contributed by atoms with Gasteiger partial charge in [0.2, 0.25) is 5.95 Å². The summed E-state index contributed by atoms with van der Waals surface area (Å²) in [7, 11) is 6.69. The zero-order valence-electron chi connectivity index (χ0n) is 17.7. The van der Waals surface area contributed by atoms with Crippen molar-refractivity contribution in [2.45, 2.75) is 12.7 Å². The SMILES string of the molecule is CN=C(NCCNc1nccc(C(F)(F)F)n1)N(C)Cc1ccc(OC)cc1OC.I. The van der Waals surface area contributed by atoms with Crippen molar-refractivity contribution in [2.75, 3.05) is 46.7 Å². The standard InChI is InChI=1S/C19H25F3N6O2.HI/c1-23-18(28(2)12-13-5-6-14(29-3)11-15(13)30-4)26-10-9-25-17-24-8-7-16(27-17)19(20,21)22;/h5-8,11H,9-10,12H2,1-4H3,(H,23,26)(H,24,25,27);1H. The van der Waals surface area contributed by atoms with Crippen LogP contribution in [0, 0.1) is 0 Å². The Morgan fingerprint density at radius 2 is 1.90 bits per heavy atom. The maximum atomic E-state index is 12.7. The minimum absolute atomic E-state index is 0. The summed E-state index contributed by atoms with van der Waals surface area (Å²) in [5.74, 6) is 1.92. The van der Waals surface area contributed by atoms with Gasteiger partial charge in [0, 0.05) is 51.6 Å². The van der Waals surface area contributed by atoms with Crippen LogP contribution in [0.5, 0.6) is 11.5 Å². The first-order chi connectivity index (χ1) is 14.3. The lowest BCUT2D eigenvalue weighted by Crippen LogP contribution is -2.40. The van der Waals surface area contributed by atoms with Crippen LogP contribution in [0.1, 0.15) is 11.3 Å². The lowest BCUT2D eigenvalue weighted by molar-refractivity contribution is -0.141. The Morgan fingerprint density at radius 1 is 1.16 bits per heavy atom. The number of guanidine groups is 1. The fourth-order valence-corrected chi connectivity index (χ4v) is 2.65.